The second kappa shape index (κ2) is 6.67. The Balaban J connectivity index is 1.71. The zero-order valence-corrected chi connectivity index (χ0v) is 16.2. The fourth-order valence-corrected chi connectivity index (χ4v) is 4.50. The third-order valence-electron chi connectivity index (χ3n) is 6.05. The zero-order chi connectivity index (χ0) is 20.2. The van der Waals surface area contributed by atoms with Crippen molar-refractivity contribution in [3.63, 3.8) is 0 Å². The number of amides is 1. The van der Waals surface area contributed by atoms with Gasteiger partial charge in [-0.25, -0.2) is 8.78 Å². The number of aromatic nitrogens is 1. The topological polar surface area (TPSA) is 68.4 Å². The number of carbonyl (C=O) groups is 1. The molecule has 0 spiro atoms. The normalized spacial score (nSPS) is 23.3. The van der Waals surface area contributed by atoms with Crippen molar-refractivity contribution in [2.45, 2.75) is 38.3 Å². The average molecular weight is 389 g/mol. The Kier molecular flexibility index (Phi) is 4.55. The number of benzene rings is 1. The van der Waals surface area contributed by atoms with Crippen molar-refractivity contribution in [3.05, 3.63) is 41.1 Å². The molecular weight excluding hydrogens is 364 g/mol. The van der Waals surface area contributed by atoms with Crippen molar-refractivity contribution < 1.29 is 18.7 Å². The molecule has 3 atom stereocenters. The van der Waals surface area contributed by atoms with Crippen LogP contribution in [-0.2, 0) is 11.2 Å². The highest BCUT2D eigenvalue weighted by atomic mass is 19.3. The lowest BCUT2D eigenvalue weighted by atomic mass is 9.79. The van der Waals surface area contributed by atoms with Crippen LogP contribution in [0.1, 0.15) is 23.7 Å². The van der Waals surface area contributed by atoms with Gasteiger partial charge in [0.05, 0.1) is 12.5 Å². The van der Waals surface area contributed by atoms with Crippen LogP contribution >= 0.6 is 0 Å². The molecule has 3 N–H and O–H groups in total. The Morgan fingerprint density at radius 3 is 2.89 bits per heavy atom. The molecule has 0 saturated heterocycles. The number of nitrogens with one attached hydrogen (secondary N) is 2. The van der Waals surface area contributed by atoms with Gasteiger partial charge in [0.2, 0.25) is 5.91 Å². The predicted octanol–water partition coefficient (Wildman–Crippen LogP) is 2.48. The lowest BCUT2D eigenvalue weighted by Gasteiger charge is -2.40. The van der Waals surface area contributed by atoms with Gasteiger partial charge in [-0.05, 0) is 43.2 Å². The third-order valence-corrected chi connectivity index (χ3v) is 6.05. The first kappa shape index (κ1) is 19.1. The lowest BCUT2D eigenvalue weighted by molar-refractivity contribution is -0.129. The number of aryl methyl sites for hydroxylation is 1. The van der Waals surface area contributed by atoms with Gasteiger partial charge in [0.1, 0.15) is 6.04 Å². The molecule has 150 valence electrons. The summed E-state index contributed by atoms with van der Waals surface area (Å²) in [5.41, 5.74) is 5.69. The van der Waals surface area contributed by atoms with E-state index in [0.29, 0.717) is 13.5 Å². The molecule has 0 radical (unpaired) electrons. The summed E-state index contributed by atoms with van der Waals surface area (Å²) in [6.45, 7) is 2.42. The van der Waals surface area contributed by atoms with Gasteiger partial charge in [0.15, 0.2) is 0 Å². The zero-order valence-electron chi connectivity index (χ0n) is 16.2. The number of aliphatic hydroxyl groups is 1. The summed E-state index contributed by atoms with van der Waals surface area (Å²) in [5.74, 6) is -4.22. The number of H-pyrrole nitrogens is 1. The second-order valence-electron chi connectivity index (χ2n) is 8.04. The maximum atomic E-state index is 13.6. The van der Waals surface area contributed by atoms with E-state index in [1.54, 1.807) is 0 Å². The van der Waals surface area contributed by atoms with E-state index in [-0.39, 0.29) is 6.04 Å². The van der Waals surface area contributed by atoms with Gasteiger partial charge in [-0.1, -0.05) is 18.2 Å². The van der Waals surface area contributed by atoms with E-state index in [0.717, 1.165) is 28.8 Å². The molecule has 2 heterocycles. The van der Waals surface area contributed by atoms with E-state index in [1.165, 1.54) is 10.9 Å². The van der Waals surface area contributed by atoms with Crippen LogP contribution in [0.5, 0.6) is 0 Å². The summed E-state index contributed by atoms with van der Waals surface area (Å²) in [4.78, 5) is 18.2. The molecule has 0 bridgehead atoms. The average Bonchev–Trinajstić information content (AvgIpc) is 2.96. The quantitative estimate of drug-likeness (QED) is 0.753. The number of halogens is 2. The monoisotopic (exact) mass is 389 g/mol. The molecule has 1 aromatic carbocycles. The van der Waals surface area contributed by atoms with Crippen molar-refractivity contribution in [2.24, 2.45) is 5.92 Å². The smallest absolute Gasteiger partial charge is 0.267 e. The van der Waals surface area contributed by atoms with Crippen molar-refractivity contribution in [3.8, 4) is 0 Å². The SMILES string of the molecule is Cc1[nH]c2cccc3c2c1CC1C3=CC(C(=O)NC(CO)C(C)(F)F)CN1C. The van der Waals surface area contributed by atoms with Crippen molar-refractivity contribution in [1.82, 2.24) is 15.2 Å². The Bertz CT molecular complexity index is 960. The molecule has 2 aliphatic rings. The van der Waals surface area contributed by atoms with Gasteiger partial charge in [0.25, 0.3) is 5.92 Å². The molecule has 7 heteroatoms. The minimum atomic E-state index is -3.19. The number of carbonyl (C=O) groups excluding carboxylic acids is 1. The van der Waals surface area contributed by atoms with Gasteiger partial charge in [-0.3, -0.25) is 9.69 Å². The maximum Gasteiger partial charge on any atom is 0.267 e. The van der Waals surface area contributed by atoms with Crippen molar-refractivity contribution in [1.29, 1.82) is 0 Å². The first-order chi connectivity index (χ1) is 13.2. The van der Waals surface area contributed by atoms with E-state index in [4.69, 9.17) is 0 Å². The Hall–Kier alpha value is -2.25. The number of aliphatic hydroxyl groups excluding tert-OH is 1. The molecule has 1 aliphatic heterocycles. The van der Waals surface area contributed by atoms with Gasteiger partial charge < -0.3 is 15.4 Å². The van der Waals surface area contributed by atoms with Crippen molar-refractivity contribution in [2.75, 3.05) is 20.2 Å². The van der Waals surface area contributed by atoms with E-state index >= 15 is 0 Å². The van der Waals surface area contributed by atoms with Crippen LogP contribution in [0, 0.1) is 12.8 Å². The largest absolute Gasteiger partial charge is 0.394 e. The van der Waals surface area contributed by atoms with E-state index < -0.39 is 30.4 Å². The predicted molar refractivity (Wildman–Crippen MR) is 104 cm³/mol. The Morgan fingerprint density at radius 2 is 2.21 bits per heavy atom. The fraction of sp³-hybridized carbons (Fsp3) is 0.476. The number of likely N-dealkylation sites (N-methyl/N-ethyl adjacent to an activating group) is 1. The number of hydrogen-bond acceptors (Lipinski definition) is 3. The molecule has 2 aromatic rings. The van der Waals surface area contributed by atoms with E-state index in [9.17, 15) is 18.7 Å². The number of alkyl halides is 2. The Labute approximate surface area is 162 Å². The number of rotatable bonds is 4. The number of aromatic amines is 1. The summed E-state index contributed by atoms with van der Waals surface area (Å²) in [6.07, 6.45) is 2.77. The first-order valence-electron chi connectivity index (χ1n) is 9.52. The van der Waals surface area contributed by atoms with Crippen LogP contribution in [-0.4, -0.2) is 59.1 Å². The first-order valence-corrected chi connectivity index (χ1v) is 9.52. The van der Waals surface area contributed by atoms with Gasteiger partial charge in [0, 0.05) is 36.1 Å². The number of fused-ring (bicyclic) bond motifs is 2. The molecule has 3 unspecified atom stereocenters. The molecule has 4 rings (SSSR count). The summed E-state index contributed by atoms with van der Waals surface area (Å²) in [7, 11) is 1.96. The molecule has 28 heavy (non-hydrogen) atoms. The minimum Gasteiger partial charge on any atom is -0.394 e. The third kappa shape index (κ3) is 3.02. The second-order valence-corrected chi connectivity index (χ2v) is 8.04. The number of hydrogen-bond donors (Lipinski definition) is 3. The van der Waals surface area contributed by atoms with E-state index in [1.807, 2.05) is 25.3 Å². The van der Waals surface area contributed by atoms with Crippen LogP contribution in [0.4, 0.5) is 8.78 Å². The fourth-order valence-electron chi connectivity index (χ4n) is 4.50. The molecule has 0 fully saturated rings. The number of nitrogens with zero attached hydrogens (tertiary/aromatic N) is 1. The molecule has 5 nitrogen and oxygen atoms in total. The van der Waals surface area contributed by atoms with Crippen LogP contribution < -0.4 is 5.32 Å². The van der Waals surface area contributed by atoms with Gasteiger partial charge in [-0.15, -0.1) is 0 Å². The maximum absolute atomic E-state index is 13.6. The molecule has 1 aliphatic carbocycles. The van der Waals surface area contributed by atoms with Crippen LogP contribution in [0.25, 0.3) is 16.5 Å². The summed E-state index contributed by atoms with van der Waals surface area (Å²) < 4.78 is 27.2. The highest BCUT2D eigenvalue weighted by Crippen LogP contribution is 2.42. The summed E-state index contributed by atoms with van der Waals surface area (Å²) in [5, 5.41) is 12.7. The summed E-state index contributed by atoms with van der Waals surface area (Å²) in [6, 6.07) is 4.65. The minimum absolute atomic E-state index is 0.151. The van der Waals surface area contributed by atoms with Gasteiger partial charge >= 0.3 is 0 Å². The Morgan fingerprint density at radius 1 is 1.46 bits per heavy atom. The lowest BCUT2D eigenvalue weighted by Crippen LogP contribution is -2.53. The van der Waals surface area contributed by atoms with Crippen LogP contribution in [0.2, 0.25) is 0 Å². The van der Waals surface area contributed by atoms with Crippen molar-refractivity contribution >= 4 is 22.4 Å². The highest BCUT2D eigenvalue weighted by Gasteiger charge is 2.39. The van der Waals surface area contributed by atoms with E-state index in [2.05, 4.69) is 28.2 Å². The highest BCUT2D eigenvalue weighted by molar-refractivity contribution is 6.00. The molecule has 1 amide bonds. The molecular formula is C21H25F2N3O2. The van der Waals surface area contributed by atoms with Crippen LogP contribution in [0.15, 0.2) is 24.3 Å². The van der Waals surface area contributed by atoms with Gasteiger partial charge in [-0.2, -0.15) is 0 Å². The molecule has 1 aromatic heterocycles. The standard InChI is InChI=1S/C21H25F2N3O2/c1-11-14-8-17-15(13-5-4-6-16(24-11)19(13)14)7-12(9-26(17)3)20(28)25-18(10-27)21(2,22)23/h4-7,12,17-18,24,27H,8-10H2,1-3H3,(H,25,28). The molecule has 0 saturated carbocycles. The summed E-state index contributed by atoms with van der Waals surface area (Å²) >= 11 is 0. The van der Waals surface area contributed by atoms with Crippen LogP contribution in [0.3, 0.4) is 0 Å².